The molecule has 21 heavy (non-hydrogen) atoms. The molecular weight excluding hydrogens is 293 g/mol. The van der Waals surface area contributed by atoms with Crippen LogP contribution in [0.5, 0.6) is 0 Å². The highest BCUT2D eigenvalue weighted by Gasteiger charge is 2.39. The Morgan fingerprint density at radius 3 is 2.52 bits per heavy atom. The number of amides is 1. The smallest absolute Gasteiger partial charge is 0.382 e. The Labute approximate surface area is 117 Å². The van der Waals surface area contributed by atoms with Gasteiger partial charge in [0.15, 0.2) is 6.10 Å². The molecule has 1 aromatic rings. The van der Waals surface area contributed by atoms with Gasteiger partial charge in [-0.15, -0.1) is 0 Å². The summed E-state index contributed by atoms with van der Waals surface area (Å²) in [5.41, 5.74) is -0.0932. The largest absolute Gasteiger partial charge is 0.416 e. The summed E-state index contributed by atoms with van der Waals surface area (Å²) >= 11 is 0. The van der Waals surface area contributed by atoms with Crippen LogP contribution in [-0.4, -0.2) is 46.7 Å². The summed E-state index contributed by atoms with van der Waals surface area (Å²) in [6, 6.07) is 3.61. The van der Waals surface area contributed by atoms with Crippen molar-refractivity contribution in [1.29, 1.82) is 0 Å². The third-order valence-corrected chi connectivity index (χ3v) is 2.82. The Balaban J connectivity index is 2.93. The van der Waals surface area contributed by atoms with Gasteiger partial charge in [0.05, 0.1) is 11.5 Å². The normalized spacial score (nSPS) is 12.9. The average Bonchev–Trinajstić information content (AvgIpc) is 2.36. The molecule has 0 bridgehead atoms. The number of aliphatic hydroxyl groups excluding tert-OH is 1. The van der Waals surface area contributed by atoms with Crippen molar-refractivity contribution in [2.75, 3.05) is 13.6 Å². The topological polar surface area (TPSA) is 83.7 Å². The molecule has 0 heterocycles. The number of nitro benzene ring substituents is 1. The lowest BCUT2D eigenvalue weighted by Crippen LogP contribution is -2.41. The number of aryl methyl sites for hydroxylation is 1. The Morgan fingerprint density at radius 2 is 2.05 bits per heavy atom. The molecule has 1 N–H and O–H groups in total. The lowest BCUT2D eigenvalue weighted by atomic mass is 10.1. The fraction of sp³-hybridized carbons (Fsp3) is 0.417. The number of carbonyl (C=O) groups is 1. The molecule has 0 aliphatic heterocycles. The molecular formula is C12H13F3N2O4. The van der Waals surface area contributed by atoms with E-state index in [0.717, 1.165) is 13.1 Å². The standard InChI is InChI=1S/C12H13F3N2O4/c1-7-3-4-8(5-9(7)17(20)21)11(19)16(2)6-10(18)12(13,14)15/h3-5,10,18H,6H2,1-2H3. The summed E-state index contributed by atoms with van der Waals surface area (Å²) in [4.78, 5) is 22.7. The number of nitrogens with zero attached hydrogens (tertiary/aromatic N) is 2. The van der Waals surface area contributed by atoms with Gasteiger partial charge in [-0.2, -0.15) is 13.2 Å². The highest BCUT2D eigenvalue weighted by Crippen LogP contribution is 2.22. The number of carbonyl (C=O) groups excluding carboxylic acids is 1. The quantitative estimate of drug-likeness (QED) is 0.680. The van der Waals surface area contributed by atoms with E-state index in [-0.39, 0.29) is 11.3 Å². The summed E-state index contributed by atoms with van der Waals surface area (Å²) in [6.07, 6.45) is -7.51. The van der Waals surface area contributed by atoms with Gasteiger partial charge in [-0.1, -0.05) is 6.07 Å². The van der Waals surface area contributed by atoms with E-state index in [1.165, 1.54) is 19.1 Å². The van der Waals surface area contributed by atoms with Crippen molar-refractivity contribution in [3.8, 4) is 0 Å². The van der Waals surface area contributed by atoms with E-state index in [2.05, 4.69) is 0 Å². The number of alkyl halides is 3. The fourth-order valence-electron chi connectivity index (χ4n) is 1.61. The minimum Gasteiger partial charge on any atom is -0.382 e. The van der Waals surface area contributed by atoms with E-state index < -0.39 is 29.7 Å². The van der Waals surface area contributed by atoms with Crippen molar-refractivity contribution >= 4 is 11.6 Å². The molecule has 0 spiro atoms. The molecule has 0 aliphatic carbocycles. The number of hydrogen-bond acceptors (Lipinski definition) is 4. The van der Waals surface area contributed by atoms with Gasteiger partial charge in [0, 0.05) is 24.2 Å². The maximum absolute atomic E-state index is 12.2. The summed E-state index contributed by atoms with van der Waals surface area (Å²) in [6.45, 7) is 0.521. The van der Waals surface area contributed by atoms with Crippen molar-refractivity contribution in [2.45, 2.75) is 19.2 Å². The molecule has 1 unspecified atom stereocenters. The number of likely N-dealkylation sites (N-methyl/N-ethyl adjacent to an activating group) is 1. The van der Waals surface area contributed by atoms with E-state index in [1.54, 1.807) is 0 Å². The Kier molecular flexibility index (Phi) is 4.89. The lowest BCUT2D eigenvalue weighted by Gasteiger charge is -2.22. The number of aliphatic hydroxyl groups is 1. The highest BCUT2D eigenvalue weighted by molar-refractivity contribution is 5.94. The highest BCUT2D eigenvalue weighted by atomic mass is 19.4. The van der Waals surface area contributed by atoms with Crippen LogP contribution >= 0.6 is 0 Å². The van der Waals surface area contributed by atoms with E-state index >= 15 is 0 Å². The Hall–Kier alpha value is -2.16. The van der Waals surface area contributed by atoms with Gasteiger partial charge in [-0.3, -0.25) is 14.9 Å². The third-order valence-electron chi connectivity index (χ3n) is 2.82. The zero-order chi connectivity index (χ0) is 16.4. The van der Waals surface area contributed by atoms with E-state index in [4.69, 9.17) is 5.11 Å². The maximum atomic E-state index is 12.2. The van der Waals surface area contributed by atoms with Crippen LogP contribution in [0.25, 0.3) is 0 Å². The van der Waals surface area contributed by atoms with Crippen molar-refractivity contribution in [2.24, 2.45) is 0 Å². The van der Waals surface area contributed by atoms with E-state index in [0.29, 0.717) is 10.5 Å². The SMILES string of the molecule is Cc1ccc(C(=O)N(C)CC(O)C(F)(F)F)cc1[N+](=O)[O-]. The first-order chi connectivity index (χ1) is 9.54. The Bertz CT molecular complexity index is 560. The molecule has 0 fully saturated rings. The maximum Gasteiger partial charge on any atom is 0.416 e. The number of halogens is 3. The monoisotopic (exact) mass is 306 g/mol. The van der Waals surface area contributed by atoms with Gasteiger partial charge < -0.3 is 10.0 Å². The third kappa shape index (κ3) is 4.15. The number of hydrogen-bond donors (Lipinski definition) is 1. The van der Waals surface area contributed by atoms with Crippen molar-refractivity contribution in [3.63, 3.8) is 0 Å². The van der Waals surface area contributed by atoms with Gasteiger partial charge in [-0.05, 0) is 13.0 Å². The Morgan fingerprint density at radius 1 is 1.48 bits per heavy atom. The van der Waals surface area contributed by atoms with Gasteiger partial charge in [0.25, 0.3) is 11.6 Å². The summed E-state index contributed by atoms with van der Waals surface area (Å²) in [5, 5.41) is 19.7. The zero-order valence-electron chi connectivity index (χ0n) is 11.2. The summed E-state index contributed by atoms with van der Waals surface area (Å²) < 4.78 is 36.7. The molecule has 0 saturated heterocycles. The molecule has 6 nitrogen and oxygen atoms in total. The molecule has 116 valence electrons. The number of benzene rings is 1. The lowest BCUT2D eigenvalue weighted by molar-refractivity contribution is -0.385. The summed E-state index contributed by atoms with van der Waals surface area (Å²) in [5.74, 6) is -0.846. The molecule has 1 amide bonds. The minimum absolute atomic E-state index is 0.121. The van der Waals surface area contributed by atoms with E-state index in [9.17, 15) is 28.1 Å². The minimum atomic E-state index is -4.84. The van der Waals surface area contributed by atoms with Crippen LogP contribution in [0.1, 0.15) is 15.9 Å². The first kappa shape index (κ1) is 16.9. The van der Waals surface area contributed by atoms with Crippen molar-refractivity contribution < 1.29 is 28.0 Å². The van der Waals surface area contributed by atoms with Crippen LogP contribution in [0.4, 0.5) is 18.9 Å². The van der Waals surface area contributed by atoms with Crippen LogP contribution in [0.15, 0.2) is 18.2 Å². The molecule has 0 aromatic heterocycles. The van der Waals surface area contributed by atoms with Crippen molar-refractivity contribution in [1.82, 2.24) is 4.90 Å². The molecule has 1 rings (SSSR count). The predicted molar refractivity (Wildman–Crippen MR) is 66.9 cm³/mol. The molecule has 9 heteroatoms. The second-order valence-corrected chi connectivity index (χ2v) is 4.50. The molecule has 0 radical (unpaired) electrons. The number of nitro groups is 1. The van der Waals surface area contributed by atoms with Gasteiger partial charge in [0.2, 0.25) is 0 Å². The second kappa shape index (κ2) is 6.08. The van der Waals surface area contributed by atoms with Crippen LogP contribution in [0.3, 0.4) is 0 Å². The van der Waals surface area contributed by atoms with Crippen LogP contribution < -0.4 is 0 Å². The molecule has 0 saturated carbocycles. The number of rotatable bonds is 4. The van der Waals surface area contributed by atoms with Crippen LogP contribution in [0.2, 0.25) is 0 Å². The molecule has 1 aromatic carbocycles. The predicted octanol–water partition coefficient (Wildman–Crippen LogP) is 1.90. The van der Waals surface area contributed by atoms with Gasteiger partial charge in [0.1, 0.15) is 0 Å². The van der Waals surface area contributed by atoms with Crippen LogP contribution in [-0.2, 0) is 0 Å². The zero-order valence-corrected chi connectivity index (χ0v) is 11.2. The second-order valence-electron chi connectivity index (χ2n) is 4.50. The van der Waals surface area contributed by atoms with Crippen molar-refractivity contribution in [3.05, 3.63) is 39.4 Å². The van der Waals surface area contributed by atoms with E-state index in [1.807, 2.05) is 0 Å². The first-order valence-electron chi connectivity index (χ1n) is 5.79. The van der Waals surface area contributed by atoms with Crippen LogP contribution in [0, 0.1) is 17.0 Å². The van der Waals surface area contributed by atoms with Gasteiger partial charge >= 0.3 is 6.18 Å². The summed E-state index contributed by atoms with van der Waals surface area (Å²) in [7, 11) is 1.07. The molecule has 0 aliphatic rings. The van der Waals surface area contributed by atoms with Gasteiger partial charge in [-0.25, -0.2) is 0 Å². The molecule has 1 atom stereocenters. The first-order valence-corrected chi connectivity index (χ1v) is 5.79. The fourth-order valence-corrected chi connectivity index (χ4v) is 1.61. The average molecular weight is 306 g/mol.